The maximum atomic E-state index is 13.0. The van der Waals surface area contributed by atoms with E-state index >= 15 is 0 Å². The lowest BCUT2D eigenvalue weighted by Gasteiger charge is -2.33. The van der Waals surface area contributed by atoms with Gasteiger partial charge in [-0.1, -0.05) is 18.2 Å². The van der Waals surface area contributed by atoms with Crippen LogP contribution in [-0.4, -0.2) is 43.5 Å². The van der Waals surface area contributed by atoms with Crippen LogP contribution in [0, 0.1) is 0 Å². The molecule has 4 aromatic rings. The summed E-state index contributed by atoms with van der Waals surface area (Å²) in [7, 11) is 0. The lowest BCUT2D eigenvalue weighted by molar-refractivity contribution is -0.131. The summed E-state index contributed by atoms with van der Waals surface area (Å²) < 4.78 is 2.64. The van der Waals surface area contributed by atoms with Crippen molar-refractivity contribution >= 4 is 39.0 Å². The van der Waals surface area contributed by atoms with Crippen LogP contribution in [0.25, 0.3) is 5.65 Å². The summed E-state index contributed by atoms with van der Waals surface area (Å²) in [4.78, 5) is 24.1. The first-order valence-corrected chi connectivity index (χ1v) is 12.2. The second-order valence-electron chi connectivity index (χ2n) is 8.61. The van der Waals surface area contributed by atoms with Crippen LogP contribution in [-0.2, 0) is 17.8 Å². The van der Waals surface area contributed by atoms with E-state index < -0.39 is 0 Å². The number of nitrogen functional groups attached to an aromatic ring is 1. The molecule has 3 N–H and O–H groups in total. The van der Waals surface area contributed by atoms with Crippen LogP contribution in [0.15, 0.2) is 65.5 Å². The highest BCUT2D eigenvalue weighted by atomic mass is 79.9. The van der Waals surface area contributed by atoms with Gasteiger partial charge in [-0.15, -0.1) is 0 Å². The zero-order valence-electron chi connectivity index (χ0n) is 18.7. The molecule has 1 unspecified atom stereocenters. The van der Waals surface area contributed by atoms with E-state index in [1.165, 1.54) is 0 Å². The number of piperidine rings is 1. The minimum Gasteiger partial charge on any atom is -0.399 e. The van der Waals surface area contributed by atoms with Gasteiger partial charge in [-0.3, -0.25) is 9.78 Å². The monoisotopic (exact) mass is 519 g/mol. The molecule has 3 aromatic heterocycles. The van der Waals surface area contributed by atoms with Crippen molar-refractivity contribution in [2.45, 2.75) is 31.7 Å². The van der Waals surface area contributed by atoms with E-state index in [9.17, 15) is 4.79 Å². The van der Waals surface area contributed by atoms with Gasteiger partial charge in [0, 0.05) is 49.7 Å². The Kier molecular flexibility index (Phi) is 6.44. The highest BCUT2D eigenvalue weighted by Crippen LogP contribution is 2.30. The normalized spacial score (nSPS) is 16.0. The van der Waals surface area contributed by atoms with Crippen molar-refractivity contribution in [1.82, 2.24) is 24.5 Å². The molecular formula is C25H26BrN7O. The van der Waals surface area contributed by atoms with Crippen LogP contribution in [0.4, 0.5) is 11.5 Å². The first-order valence-electron chi connectivity index (χ1n) is 11.4. The average Bonchev–Trinajstić information content (AvgIpc) is 3.24. The third-order valence-corrected chi connectivity index (χ3v) is 6.70. The Morgan fingerprint density at radius 3 is 2.88 bits per heavy atom. The number of carbonyl (C=O) groups is 1. The highest BCUT2D eigenvalue weighted by Gasteiger charge is 2.27. The SMILES string of the molecule is Nc1cccc(CC(=O)N2CCCC(c3cc(NCc4cccnc4)n4ncc(Br)c4n3)C2)c1. The molecule has 34 heavy (non-hydrogen) atoms. The van der Waals surface area contributed by atoms with Crippen molar-refractivity contribution in [3.8, 4) is 0 Å². The first kappa shape index (κ1) is 22.3. The number of likely N-dealkylation sites (tertiary alicyclic amines) is 1. The summed E-state index contributed by atoms with van der Waals surface area (Å²) >= 11 is 3.57. The highest BCUT2D eigenvalue weighted by molar-refractivity contribution is 9.10. The number of nitrogens with one attached hydrogen (secondary N) is 1. The van der Waals surface area contributed by atoms with Crippen molar-refractivity contribution in [3.63, 3.8) is 0 Å². The van der Waals surface area contributed by atoms with Crippen LogP contribution < -0.4 is 11.1 Å². The Labute approximate surface area is 206 Å². The Morgan fingerprint density at radius 1 is 1.18 bits per heavy atom. The number of fused-ring (bicyclic) bond motifs is 1. The van der Waals surface area contributed by atoms with Gasteiger partial charge in [-0.25, -0.2) is 4.98 Å². The number of amides is 1. The molecule has 0 bridgehead atoms. The number of benzene rings is 1. The molecule has 5 rings (SSSR count). The minimum atomic E-state index is 0.122. The number of nitrogens with two attached hydrogens (primary N) is 1. The van der Waals surface area contributed by atoms with Crippen LogP contribution >= 0.6 is 15.9 Å². The predicted octanol–water partition coefficient (Wildman–Crippen LogP) is 4.03. The van der Waals surface area contributed by atoms with Crippen LogP contribution in [0.3, 0.4) is 0 Å². The Hall–Kier alpha value is -3.46. The van der Waals surface area contributed by atoms with E-state index in [1.807, 2.05) is 47.5 Å². The fourth-order valence-corrected chi connectivity index (χ4v) is 4.77. The third kappa shape index (κ3) is 4.89. The molecule has 1 amide bonds. The molecule has 0 aliphatic carbocycles. The fraction of sp³-hybridized carbons (Fsp3) is 0.280. The summed E-state index contributed by atoms with van der Waals surface area (Å²) in [6.07, 6.45) is 7.65. The molecule has 4 heterocycles. The Morgan fingerprint density at radius 2 is 2.06 bits per heavy atom. The summed E-state index contributed by atoms with van der Waals surface area (Å²) in [6.45, 7) is 2.04. The van der Waals surface area contributed by atoms with Gasteiger partial charge in [-0.05, 0) is 58.1 Å². The summed E-state index contributed by atoms with van der Waals surface area (Å²) in [5.74, 6) is 1.14. The fourth-order valence-electron chi connectivity index (χ4n) is 4.42. The molecule has 9 heteroatoms. The van der Waals surface area contributed by atoms with Gasteiger partial charge >= 0.3 is 0 Å². The Balaban J connectivity index is 1.36. The number of aromatic nitrogens is 4. The van der Waals surface area contributed by atoms with Gasteiger partial charge in [0.05, 0.1) is 22.8 Å². The molecule has 0 spiro atoms. The van der Waals surface area contributed by atoms with Gasteiger partial charge in [0.2, 0.25) is 5.91 Å². The second-order valence-corrected chi connectivity index (χ2v) is 9.46. The molecule has 1 atom stereocenters. The van der Waals surface area contributed by atoms with Crippen molar-refractivity contribution in [2.24, 2.45) is 0 Å². The number of rotatable bonds is 6. The largest absolute Gasteiger partial charge is 0.399 e. The lowest BCUT2D eigenvalue weighted by atomic mass is 9.94. The zero-order valence-corrected chi connectivity index (χ0v) is 20.3. The molecular weight excluding hydrogens is 494 g/mol. The third-order valence-electron chi connectivity index (χ3n) is 6.14. The van der Waals surface area contributed by atoms with Gasteiger partial charge in [0.1, 0.15) is 5.82 Å². The second kappa shape index (κ2) is 9.80. The summed E-state index contributed by atoms with van der Waals surface area (Å²) in [5.41, 5.74) is 10.3. The van der Waals surface area contributed by atoms with Gasteiger partial charge < -0.3 is 16.0 Å². The molecule has 174 valence electrons. The topological polar surface area (TPSA) is 101 Å². The number of anilines is 2. The molecule has 0 radical (unpaired) electrons. The maximum absolute atomic E-state index is 13.0. The first-order chi connectivity index (χ1) is 16.6. The van der Waals surface area contributed by atoms with E-state index in [0.717, 1.165) is 52.1 Å². The zero-order chi connectivity index (χ0) is 23.5. The molecule has 1 aliphatic heterocycles. The molecule has 1 fully saturated rings. The molecule has 1 saturated heterocycles. The molecule has 1 aromatic carbocycles. The Bertz CT molecular complexity index is 1310. The number of hydrogen-bond acceptors (Lipinski definition) is 6. The summed E-state index contributed by atoms with van der Waals surface area (Å²) in [5, 5.41) is 7.94. The van der Waals surface area contributed by atoms with Crippen LogP contribution in [0.1, 0.15) is 35.6 Å². The lowest BCUT2D eigenvalue weighted by Crippen LogP contribution is -2.40. The smallest absolute Gasteiger partial charge is 0.227 e. The standard InChI is InChI=1S/C25H26BrN7O/c26-21-15-30-33-23(29-14-18-5-2-8-28-13-18)12-22(31-25(21)33)19-6-3-9-32(16-19)24(34)11-17-4-1-7-20(27)10-17/h1-2,4-5,7-8,10,12-13,15,19,29H,3,6,9,11,14,16,27H2. The number of carbonyl (C=O) groups excluding carboxylic acids is 1. The quantitative estimate of drug-likeness (QED) is 0.373. The maximum Gasteiger partial charge on any atom is 0.227 e. The van der Waals surface area contributed by atoms with E-state index in [1.54, 1.807) is 16.9 Å². The van der Waals surface area contributed by atoms with E-state index in [-0.39, 0.29) is 11.8 Å². The van der Waals surface area contributed by atoms with E-state index in [4.69, 9.17) is 10.7 Å². The van der Waals surface area contributed by atoms with Crippen LogP contribution in [0.5, 0.6) is 0 Å². The number of nitrogens with zero attached hydrogens (tertiary/aromatic N) is 5. The summed E-state index contributed by atoms with van der Waals surface area (Å²) in [6, 6.07) is 13.5. The van der Waals surface area contributed by atoms with Crippen molar-refractivity contribution < 1.29 is 4.79 Å². The molecule has 8 nitrogen and oxygen atoms in total. The van der Waals surface area contributed by atoms with E-state index in [2.05, 4.69) is 37.4 Å². The van der Waals surface area contributed by atoms with Crippen LogP contribution in [0.2, 0.25) is 0 Å². The van der Waals surface area contributed by atoms with Gasteiger partial charge in [-0.2, -0.15) is 9.61 Å². The van der Waals surface area contributed by atoms with E-state index in [0.29, 0.717) is 25.2 Å². The number of halogens is 1. The number of pyridine rings is 1. The van der Waals surface area contributed by atoms with Crippen molar-refractivity contribution in [1.29, 1.82) is 0 Å². The molecule has 0 saturated carbocycles. The van der Waals surface area contributed by atoms with Crippen molar-refractivity contribution in [3.05, 3.63) is 82.3 Å². The van der Waals surface area contributed by atoms with Crippen molar-refractivity contribution in [2.75, 3.05) is 24.1 Å². The van der Waals surface area contributed by atoms with Gasteiger partial charge in [0.25, 0.3) is 0 Å². The van der Waals surface area contributed by atoms with Gasteiger partial charge in [0.15, 0.2) is 5.65 Å². The minimum absolute atomic E-state index is 0.122. The molecule has 1 aliphatic rings. The average molecular weight is 520 g/mol. The number of hydrogen-bond donors (Lipinski definition) is 2. The predicted molar refractivity (Wildman–Crippen MR) is 135 cm³/mol.